The van der Waals surface area contributed by atoms with Crippen LogP contribution >= 0.6 is 0 Å². The van der Waals surface area contributed by atoms with E-state index in [1.807, 2.05) is 0 Å². The summed E-state index contributed by atoms with van der Waals surface area (Å²) in [6, 6.07) is 12.1. The van der Waals surface area contributed by atoms with Crippen LogP contribution in [0.4, 0.5) is 0 Å². The van der Waals surface area contributed by atoms with Crippen molar-refractivity contribution in [2.45, 2.75) is 115 Å². The SMILES string of the molecule is C[N+](C)(CCCCCCCCCCCCCCCCCNCCC[Si])Cc1ccccc1. The monoisotopic (exact) mass is 458 g/mol. The second-order valence-corrected chi connectivity index (χ2v) is 11.0. The molecule has 0 aliphatic heterocycles. The van der Waals surface area contributed by atoms with Gasteiger partial charge in [0.15, 0.2) is 0 Å². The van der Waals surface area contributed by atoms with Crippen molar-refractivity contribution in [1.29, 1.82) is 0 Å². The van der Waals surface area contributed by atoms with E-state index < -0.39 is 0 Å². The summed E-state index contributed by atoms with van der Waals surface area (Å²) >= 11 is 0. The molecule has 0 saturated heterocycles. The summed E-state index contributed by atoms with van der Waals surface area (Å²) in [6.45, 7) is 4.81. The van der Waals surface area contributed by atoms with Crippen LogP contribution in [0.25, 0.3) is 0 Å². The molecule has 1 aromatic rings. The largest absolute Gasteiger partial charge is 0.325 e. The van der Waals surface area contributed by atoms with Gasteiger partial charge in [0.05, 0.1) is 20.6 Å². The Kier molecular flexibility index (Phi) is 19.2. The van der Waals surface area contributed by atoms with Gasteiger partial charge in [-0.25, -0.2) is 0 Å². The summed E-state index contributed by atoms with van der Waals surface area (Å²) in [7, 11) is 8.27. The second kappa shape index (κ2) is 20.9. The molecule has 0 unspecified atom stereocenters. The lowest BCUT2D eigenvalue weighted by Crippen LogP contribution is -2.39. The molecule has 0 aliphatic carbocycles. The van der Waals surface area contributed by atoms with Crippen LogP contribution in [0.1, 0.15) is 108 Å². The van der Waals surface area contributed by atoms with Crippen LogP contribution in [0.3, 0.4) is 0 Å². The Labute approximate surface area is 205 Å². The first-order valence-corrected chi connectivity index (χ1v) is 14.6. The van der Waals surface area contributed by atoms with Crippen LogP contribution < -0.4 is 5.32 Å². The highest BCUT2D eigenvalue weighted by atomic mass is 28.1. The molecule has 0 heterocycles. The molecule has 0 aliphatic rings. The van der Waals surface area contributed by atoms with Gasteiger partial charge in [0.2, 0.25) is 0 Å². The molecule has 1 rings (SSSR count). The number of nitrogens with zero attached hydrogens (tertiary/aromatic N) is 1. The Morgan fingerprint density at radius 2 is 1.03 bits per heavy atom. The fourth-order valence-electron chi connectivity index (χ4n) is 4.58. The van der Waals surface area contributed by atoms with Crippen molar-refractivity contribution in [3.63, 3.8) is 0 Å². The standard InChI is InChI=1S/C29H54N2Si/c1-31(2,28-29-22-17-16-18-23-29)26-20-15-13-11-9-7-5-3-4-6-8-10-12-14-19-24-30-25-21-27-32/h16-18,22-23,30H,3-15,19-21,24-28H2,1-2H3/q+1. The number of benzene rings is 1. The van der Waals surface area contributed by atoms with Gasteiger partial charge in [0.1, 0.15) is 6.54 Å². The van der Waals surface area contributed by atoms with Gasteiger partial charge in [-0.2, -0.15) is 0 Å². The summed E-state index contributed by atoms with van der Waals surface area (Å²) in [4.78, 5) is 0. The first-order valence-electron chi connectivity index (χ1n) is 13.9. The zero-order chi connectivity index (χ0) is 23.2. The molecule has 0 saturated carbocycles. The molecule has 0 bridgehead atoms. The zero-order valence-corrected chi connectivity index (χ0v) is 22.7. The molecule has 0 atom stereocenters. The highest BCUT2D eigenvalue weighted by molar-refractivity contribution is 6.08. The van der Waals surface area contributed by atoms with E-state index in [4.69, 9.17) is 0 Å². The molecule has 1 N–H and O–H groups in total. The van der Waals surface area contributed by atoms with Gasteiger partial charge in [-0.15, -0.1) is 0 Å². The summed E-state index contributed by atoms with van der Waals surface area (Å²) in [5.74, 6) is 0. The van der Waals surface area contributed by atoms with Gasteiger partial charge >= 0.3 is 0 Å². The highest BCUT2D eigenvalue weighted by Crippen LogP contribution is 2.15. The van der Waals surface area contributed by atoms with Crippen molar-refractivity contribution in [2.75, 3.05) is 33.7 Å². The van der Waals surface area contributed by atoms with E-state index in [9.17, 15) is 0 Å². The van der Waals surface area contributed by atoms with Crippen molar-refractivity contribution in [1.82, 2.24) is 5.32 Å². The van der Waals surface area contributed by atoms with Crippen LogP contribution in [0, 0.1) is 0 Å². The number of quaternary nitrogens is 1. The van der Waals surface area contributed by atoms with Crippen LogP contribution in [0.5, 0.6) is 0 Å². The fourth-order valence-corrected chi connectivity index (χ4v) is 4.76. The number of hydrogen-bond donors (Lipinski definition) is 1. The zero-order valence-electron chi connectivity index (χ0n) is 21.7. The summed E-state index contributed by atoms with van der Waals surface area (Å²) < 4.78 is 1.11. The molecule has 2 nitrogen and oxygen atoms in total. The first kappa shape index (κ1) is 29.4. The van der Waals surface area contributed by atoms with E-state index >= 15 is 0 Å². The van der Waals surface area contributed by atoms with Crippen molar-refractivity contribution >= 4 is 10.2 Å². The van der Waals surface area contributed by atoms with Gasteiger partial charge in [-0.05, 0) is 38.8 Å². The van der Waals surface area contributed by atoms with Gasteiger partial charge in [-0.1, -0.05) is 113 Å². The minimum atomic E-state index is 1.11. The van der Waals surface area contributed by atoms with Gasteiger partial charge in [0.25, 0.3) is 0 Å². The Balaban J connectivity index is 1.76. The molecule has 0 aromatic heterocycles. The maximum Gasteiger partial charge on any atom is 0.104 e. The molecule has 0 fully saturated rings. The Bertz CT molecular complexity index is 503. The maximum atomic E-state index is 3.52. The fraction of sp³-hybridized carbons (Fsp3) is 0.793. The molecule has 1 aromatic carbocycles. The first-order chi connectivity index (χ1) is 15.6. The van der Waals surface area contributed by atoms with Crippen molar-refractivity contribution in [3.8, 4) is 0 Å². The summed E-state index contributed by atoms with van der Waals surface area (Å²) in [6.07, 6.45) is 22.7. The van der Waals surface area contributed by atoms with Crippen LogP contribution in [-0.4, -0.2) is 48.5 Å². The normalized spacial score (nSPS) is 11.8. The van der Waals surface area contributed by atoms with Crippen LogP contribution in [0.2, 0.25) is 6.04 Å². The molecular weight excluding hydrogens is 404 g/mol. The Hall–Kier alpha value is -0.643. The van der Waals surface area contributed by atoms with Crippen molar-refractivity contribution < 1.29 is 4.48 Å². The van der Waals surface area contributed by atoms with Crippen LogP contribution in [-0.2, 0) is 6.54 Å². The van der Waals surface area contributed by atoms with Gasteiger partial charge < -0.3 is 9.80 Å². The lowest BCUT2D eigenvalue weighted by Gasteiger charge is -2.30. The third-order valence-corrected chi connectivity index (χ3v) is 6.95. The molecule has 3 radical (unpaired) electrons. The summed E-state index contributed by atoms with van der Waals surface area (Å²) in [5, 5.41) is 3.52. The van der Waals surface area contributed by atoms with E-state index in [1.54, 1.807) is 0 Å². The summed E-state index contributed by atoms with van der Waals surface area (Å²) in [5.41, 5.74) is 1.46. The van der Waals surface area contributed by atoms with E-state index in [0.29, 0.717) is 0 Å². The second-order valence-electron chi connectivity index (χ2n) is 10.5. The minimum absolute atomic E-state index is 1.11. The minimum Gasteiger partial charge on any atom is -0.325 e. The number of unbranched alkanes of at least 4 members (excludes halogenated alkanes) is 14. The van der Waals surface area contributed by atoms with E-state index in [-0.39, 0.29) is 0 Å². The highest BCUT2D eigenvalue weighted by Gasteiger charge is 2.14. The van der Waals surface area contributed by atoms with E-state index in [2.05, 4.69) is 60.0 Å². The van der Waals surface area contributed by atoms with Crippen molar-refractivity contribution in [3.05, 3.63) is 35.9 Å². The molecule has 183 valence electrons. The van der Waals surface area contributed by atoms with Crippen molar-refractivity contribution in [2.24, 2.45) is 0 Å². The molecule has 32 heavy (non-hydrogen) atoms. The molecule has 0 spiro atoms. The van der Waals surface area contributed by atoms with Gasteiger partial charge in [0, 0.05) is 15.8 Å². The molecular formula is C29H54N2Si+. The number of hydrogen-bond acceptors (Lipinski definition) is 1. The molecule has 3 heteroatoms. The average molecular weight is 459 g/mol. The quantitative estimate of drug-likeness (QED) is 0.101. The van der Waals surface area contributed by atoms with Crippen LogP contribution in [0.15, 0.2) is 30.3 Å². The number of nitrogens with one attached hydrogen (secondary N) is 1. The number of rotatable bonds is 23. The topological polar surface area (TPSA) is 12.0 Å². The predicted octanol–water partition coefficient (Wildman–Crippen LogP) is 7.68. The smallest absolute Gasteiger partial charge is 0.104 e. The van der Waals surface area contributed by atoms with E-state index in [0.717, 1.165) is 23.6 Å². The van der Waals surface area contributed by atoms with Gasteiger partial charge in [-0.3, -0.25) is 0 Å². The predicted molar refractivity (Wildman–Crippen MR) is 144 cm³/mol. The lowest BCUT2D eigenvalue weighted by molar-refractivity contribution is -0.903. The third kappa shape index (κ3) is 18.9. The Morgan fingerprint density at radius 1 is 0.594 bits per heavy atom. The molecule has 0 amide bonds. The van der Waals surface area contributed by atoms with E-state index in [1.165, 1.54) is 121 Å². The Morgan fingerprint density at radius 3 is 1.53 bits per heavy atom. The maximum absolute atomic E-state index is 3.52. The average Bonchev–Trinajstić information content (AvgIpc) is 2.78. The lowest BCUT2D eigenvalue weighted by atomic mass is 10.0. The third-order valence-electron chi connectivity index (χ3n) is 6.60.